The predicted molar refractivity (Wildman–Crippen MR) is 216 cm³/mol. The minimum atomic E-state index is 0. The number of nitrogens with one attached hydrogen (secondary N) is 2. The molecule has 0 fully saturated rings. The van der Waals surface area contributed by atoms with E-state index in [-0.39, 0.29) is 24.8 Å². The van der Waals surface area contributed by atoms with Gasteiger partial charge in [-0.3, -0.25) is 0 Å². The second kappa shape index (κ2) is 17.1. The van der Waals surface area contributed by atoms with Gasteiger partial charge in [0.15, 0.2) is 0 Å². The summed E-state index contributed by atoms with van der Waals surface area (Å²) >= 11 is 0. The Morgan fingerprint density at radius 2 is 0.963 bits per heavy atom. The number of aromatic amines is 2. The number of nitrogens with zero attached hydrogens (tertiary/aromatic N) is 4. The van der Waals surface area contributed by atoms with Crippen LogP contribution >= 0.6 is 0 Å². The average Bonchev–Trinajstić information content (AvgIpc) is 3.92. The molecular formula is C44H50Cl2N6O2. The summed E-state index contributed by atoms with van der Waals surface area (Å²) in [4.78, 5) is 17.6. The fraction of sp³-hybridized carbons (Fsp3) is 0.273. The molecule has 2 aliphatic rings. The van der Waals surface area contributed by atoms with Gasteiger partial charge in [0.1, 0.15) is 11.5 Å². The molecule has 7 rings (SSSR count). The molecule has 5 heterocycles. The van der Waals surface area contributed by atoms with Gasteiger partial charge in [0.25, 0.3) is 0 Å². The van der Waals surface area contributed by atoms with Crippen LogP contribution in [0.2, 0.25) is 0 Å². The quantitative estimate of drug-likeness (QED) is 0.148. The van der Waals surface area contributed by atoms with Gasteiger partial charge in [0.2, 0.25) is 0 Å². The third kappa shape index (κ3) is 10.2. The molecule has 282 valence electrons. The predicted octanol–water partition coefficient (Wildman–Crippen LogP) is 2.95. The summed E-state index contributed by atoms with van der Waals surface area (Å²) in [5, 5.41) is 0. The smallest absolute Gasteiger partial charge is 0.119 e. The average molecular weight is 766 g/mol. The van der Waals surface area contributed by atoms with Crippen LogP contribution in [0.15, 0.2) is 84.9 Å². The fourth-order valence-corrected chi connectivity index (χ4v) is 6.62. The first kappa shape index (κ1) is 40.3. The maximum absolute atomic E-state index is 6.23. The van der Waals surface area contributed by atoms with Crippen molar-refractivity contribution in [3.8, 4) is 33.8 Å². The van der Waals surface area contributed by atoms with Crippen LogP contribution in [0.4, 0.5) is 0 Å². The highest BCUT2D eigenvalue weighted by atomic mass is 35.5. The Morgan fingerprint density at radius 3 is 1.41 bits per heavy atom. The van der Waals surface area contributed by atoms with Crippen molar-refractivity contribution in [3.05, 3.63) is 108 Å². The van der Waals surface area contributed by atoms with Gasteiger partial charge in [-0.2, -0.15) is 0 Å². The number of quaternary nitrogens is 2. The van der Waals surface area contributed by atoms with E-state index in [1.165, 1.54) is 0 Å². The van der Waals surface area contributed by atoms with Crippen molar-refractivity contribution in [2.75, 3.05) is 68.6 Å². The minimum Gasteiger partial charge on any atom is -1.00 e. The summed E-state index contributed by atoms with van der Waals surface area (Å²) in [6.45, 7) is 3.45. The van der Waals surface area contributed by atoms with Gasteiger partial charge in [-0.15, -0.1) is 0 Å². The van der Waals surface area contributed by atoms with Crippen molar-refractivity contribution in [1.29, 1.82) is 0 Å². The van der Waals surface area contributed by atoms with Crippen molar-refractivity contribution in [1.82, 2.24) is 19.9 Å². The first-order chi connectivity index (χ1) is 25.0. The molecule has 0 atom stereocenters. The molecule has 10 heteroatoms. The summed E-state index contributed by atoms with van der Waals surface area (Å²) in [5.74, 6) is 1.71. The highest BCUT2D eigenvalue weighted by Gasteiger charge is 2.16. The highest BCUT2D eigenvalue weighted by molar-refractivity contribution is 5.94. The first-order valence-corrected chi connectivity index (χ1v) is 18.1. The number of aromatic nitrogens is 4. The lowest BCUT2D eigenvalue weighted by molar-refractivity contribution is -0.870. The Morgan fingerprint density at radius 1 is 0.519 bits per heavy atom. The fourth-order valence-electron chi connectivity index (χ4n) is 6.62. The van der Waals surface area contributed by atoms with E-state index in [1.807, 2.05) is 18.2 Å². The number of rotatable bonds is 12. The van der Waals surface area contributed by atoms with Crippen LogP contribution in [-0.2, 0) is 0 Å². The maximum atomic E-state index is 6.23. The molecule has 8 nitrogen and oxygen atoms in total. The molecule has 0 saturated heterocycles. The summed E-state index contributed by atoms with van der Waals surface area (Å²) in [7, 11) is 13.2. The largest absolute Gasteiger partial charge is 1.00 e. The third-order valence-corrected chi connectivity index (χ3v) is 9.13. The van der Waals surface area contributed by atoms with E-state index in [0.29, 0.717) is 13.2 Å². The summed E-state index contributed by atoms with van der Waals surface area (Å²) in [5.41, 5.74) is 11.5. The SMILES string of the molecule is C[N+](C)(C)CCCOc1cccc(-c2c3nc(cc4ccc([nH]4)c(-c4cccc(OCCC[N+](C)(C)C)c4)c4ccc(cc5nc2C=C5)[nH]4)C=C3)c1.[Cl-].[Cl-]. The van der Waals surface area contributed by atoms with Crippen LogP contribution in [0.1, 0.15) is 35.6 Å². The van der Waals surface area contributed by atoms with Crippen molar-refractivity contribution >= 4 is 46.4 Å². The lowest BCUT2D eigenvalue weighted by atomic mass is 10.0. The van der Waals surface area contributed by atoms with E-state index in [9.17, 15) is 0 Å². The number of fused-ring (bicyclic) bond motifs is 8. The molecule has 0 amide bonds. The van der Waals surface area contributed by atoms with Gasteiger partial charge in [-0.1, -0.05) is 24.3 Å². The third-order valence-electron chi connectivity index (χ3n) is 9.13. The maximum Gasteiger partial charge on any atom is 0.119 e. The Bertz CT molecular complexity index is 2220. The Hall–Kier alpha value is -4.86. The monoisotopic (exact) mass is 764 g/mol. The number of H-pyrrole nitrogens is 2. The van der Waals surface area contributed by atoms with E-state index in [4.69, 9.17) is 19.4 Å². The minimum absolute atomic E-state index is 0. The van der Waals surface area contributed by atoms with E-state index in [2.05, 4.69) is 143 Å². The number of hydrogen-bond donors (Lipinski definition) is 2. The van der Waals surface area contributed by atoms with Crippen molar-refractivity contribution in [2.24, 2.45) is 0 Å². The summed E-state index contributed by atoms with van der Waals surface area (Å²) in [6.07, 6.45) is 10.3. The van der Waals surface area contributed by atoms with Crippen molar-refractivity contribution in [2.45, 2.75) is 12.8 Å². The zero-order valence-corrected chi connectivity index (χ0v) is 33.5. The van der Waals surface area contributed by atoms with Crippen LogP contribution in [-0.4, -0.2) is 97.5 Å². The van der Waals surface area contributed by atoms with E-state index < -0.39 is 0 Å². The van der Waals surface area contributed by atoms with Gasteiger partial charge >= 0.3 is 0 Å². The van der Waals surface area contributed by atoms with Gasteiger partial charge in [-0.05, 0) is 96.1 Å². The molecule has 2 aromatic carbocycles. The molecule has 0 aliphatic carbocycles. The Labute approximate surface area is 331 Å². The van der Waals surface area contributed by atoms with Crippen molar-refractivity contribution in [3.63, 3.8) is 0 Å². The first-order valence-electron chi connectivity index (χ1n) is 18.1. The number of benzene rings is 2. The molecule has 54 heavy (non-hydrogen) atoms. The molecule has 0 saturated carbocycles. The molecule has 2 aliphatic heterocycles. The van der Waals surface area contributed by atoms with Gasteiger partial charge in [0.05, 0.1) is 91.4 Å². The number of ether oxygens (including phenoxy) is 2. The molecule has 8 bridgehead atoms. The molecule has 0 radical (unpaired) electrons. The lowest BCUT2D eigenvalue weighted by Crippen LogP contribution is -3.00. The second-order valence-electron chi connectivity index (χ2n) is 15.7. The van der Waals surface area contributed by atoms with Crippen LogP contribution in [0.25, 0.3) is 68.6 Å². The summed E-state index contributed by atoms with van der Waals surface area (Å²) < 4.78 is 14.3. The normalized spacial score (nSPS) is 12.3. The highest BCUT2D eigenvalue weighted by Crippen LogP contribution is 2.34. The number of hydrogen-bond acceptors (Lipinski definition) is 4. The van der Waals surface area contributed by atoms with Gasteiger partial charge in [0, 0.05) is 46.0 Å². The standard InChI is InChI=1S/C44H50N6O2.2ClH/c1-49(2,3)23-9-25-51-37-13-7-11-31(27-37)43-39-19-15-33(45-39)29-35-17-21-41(47-35)44(42-22-18-36(48-42)30-34-16-20-40(43)46-34)32-12-8-14-38(28-32)52-26-10-24-50(4,5)6;;/h7-8,11-22,27-30,45-46H,9-10,23-26H2,1-6H3;2*1H/q+2;;/p-2. The Balaban J connectivity index is 0.00000280. The van der Waals surface area contributed by atoms with E-state index in [0.717, 1.165) is 113 Å². The molecule has 5 aromatic rings. The van der Waals surface area contributed by atoms with E-state index in [1.54, 1.807) is 0 Å². The molecule has 0 spiro atoms. The van der Waals surface area contributed by atoms with Crippen LogP contribution in [0, 0.1) is 0 Å². The topological polar surface area (TPSA) is 75.8 Å². The van der Waals surface area contributed by atoms with Gasteiger partial charge < -0.3 is 53.2 Å². The van der Waals surface area contributed by atoms with Crippen molar-refractivity contribution < 1.29 is 43.3 Å². The lowest BCUT2D eigenvalue weighted by Gasteiger charge is -2.23. The Kier molecular flexibility index (Phi) is 12.8. The molecular weight excluding hydrogens is 715 g/mol. The molecule has 2 N–H and O–H groups in total. The van der Waals surface area contributed by atoms with Crippen LogP contribution in [0.3, 0.4) is 0 Å². The summed E-state index contributed by atoms with van der Waals surface area (Å²) in [6, 6.07) is 29.3. The zero-order valence-electron chi connectivity index (χ0n) is 32.0. The van der Waals surface area contributed by atoms with Crippen LogP contribution < -0.4 is 34.3 Å². The zero-order chi connectivity index (χ0) is 36.3. The number of halogens is 2. The van der Waals surface area contributed by atoms with Crippen LogP contribution in [0.5, 0.6) is 11.5 Å². The van der Waals surface area contributed by atoms with Gasteiger partial charge in [-0.25, -0.2) is 9.97 Å². The van der Waals surface area contributed by atoms with E-state index >= 15 is 0 Å². The second-order valence-corrected chi connectivity index (χ2v) is 15.7. The molecule has 0 unspecified atom stereocenters. The molecule has 3 aromatic heterocycles.